The lowest BCUT2D eigenvalue weighted by Crippen LogP contribution is -2.35. The maximum absolute atomic E-state index is 12.9. The lowest BCUT2D eigenvalue weighted by atomic mass is 10.1. The molecular weight excluding hydrogens is 470 g/mol. The summed E-state index contributed by atoms with van der Waals surface area (Å²) in [6.07, 6.45) is 1.75. The summed E-state index contributed by atoms with van der Waals surface area (Å²) in [4.78, 5) is 17.1. The Morgan fingerprint density at radius 3 is 2.47 bits per heavy atom. The van der Waals surface area contributed by atoms with Crippen LogP contribution in [0, 0.1) is 40.0 Å². The minimum absolute atomic E-state index is 0.0138. The van der Waals surface area contributed by atoms with Crippen molar-refractivity contribution >= 4 is 39.8 Å². The summed E-state index contributed by atoms with van der Waals surface area (Å²) in [6.45, 7) is 10.5. The summed E-state index contributed by atoms with van der Waals surface area (Å²) in [5.41, 5.74) is 7.74. The Morgan fingerprint density at radius 1 is 1.03 bits per heavy atom. The first kappa shape index (κ1) is 23.8. The van der Waals surface area contributed by atoms with Crippen LogP contribution in [0.5, 0.6) is 5.75 Å². The van der Waals surface area contributed by atoms with E-state index in [0.717, 1.165) is 34.0 Å². The first-order valence-electron chi connectivity index (χ1n) is 11.7. The maximum Gasteiger partial charge on any atom is 0.283 e. The molecule has 1 N–H and O–H groups in total. The van der Waals surface area contributed by atoms with Gasteiger partial charge in [-0.2, -0.15) is 15.1 Å². The minimum atomic E-state index is -0.438. The second kappa shape index (κ2) is 9.28. The molecule has 2 aromatic carbocycles. The molecule has 3 aromatic rings. The first-order chi connectivity index (χ1) is 17.2. The van der Waals surface area contributed by atoms with Gasteiger partial charge in [-0.1, -0.05) is 30.3 Å². The normalized spacial score (nSPS) is 16.4. The second-order valence-corrected chi connectivity index (χ2v) is 10.1. The number of hydrogen-bond donors (Lipinski definition) is 1. The number of rotatable bonds is 5. The van der Waals surface area contributed by atoms with E-state index in [2.05, 4.69) is 46.7 Å². The Bertz CT molecular complexity index is 1490. The van der Waals surface area contributed by atoms with E-state index >= 15 is 0 Å². The monoisotopic (exact) mass is 497 g/mol. The van der Waals surface area contributed by atoms with E-state index in [4.69, 9.17) is 10.1 Å². The number of amidine groups is 2. The summed E-state index contributed by atoms with van der Waals surface area (Å²) < 4.78 is 8.05. The number of aliphatic imine (C=N–C) groups is 1. The molecule has 3 heterocycles. The number of fused-ring (bicyclic) bond motifs is 1. The molecule has 0 fully saturated rings. The lowest BCUT2D eigenvalue weighted by Gasteiger charge is -2.20. The predicted molar refractivity (Wildman–Crippen MR) is 146 cm³/mol. The number of carbonyl (C=O) groups excluding carboxylic acids is 1. The summed E-state index contributed by atoms with van der Waals surface area (Å²) in [7, 11) is 0. The summed E-state index contributed by atoms with van der Waals surface area (Å²) in [6, 6.07) is 16.1. The van der Waals surface area contributed by atoms with Crippen molar-refractivity contribution < 1.29 is 9.53 Å². The molecule has 5 rings (SSSR count). The Hall–Kier alpha value is -3.91. The molecule has 1 aromatic heterocycles. The Morgan fingerprint density at radius 2 is 1.75 bits per heavy atom. The first-order valence-corrected chi connectivity index (χ1v) is 12.5. The van der Waals surface area contributed by atoms with Gasteiger partial charge in [-0.25, -0.2) is 0 Å². The van der Waals surface area contributed by atoms with Crippen molar-refractivity contribution in [3.8, 4) is 11.4 Å². The van der Waals surface area contributed by atoms with Gasteiger partial charge in [0.2, 0.25) is 5.17 Å². The summed E-state index contributed by atoms with van der Waals surface area (Å²) in [5, 5.41) is 15.7. The molecule has 0 aliphatic carbocycles. The van der Waals surface area contributed by atoms with Crippen LogP contribution in [0.15, 0.2) is 64.2 Å². The topological polar surface area (TPSA) is 83.0 Å². The number of carbonyl (C=O) groups is 1. The number of nitrogens with zero attached hydrogens (tertiary/aromatic N) is 4. The van der Waals surface area contributed by atoms with Crippen LogP contribution in [0.1, 0.15) is 33.6 Å². The van der Waals surface area contributed by atoms with E-state index in [0.29, 0.717) is 10.2 Å². The smallest absolute Gasteiger partial charge is 0.283 e. The van der Waals surface area contributed by atoms with Crippen molar-refractivity contribution in [3.05, 3.63) is 87.7 Å². The Labute approximate surface area is 214 Å². The molecule has 182 valence electrons. The van der Waals surface area contributed by atoms with E-state index in [-0.39, 0.29) is 18.0 Å². The molecule has 0 spiro atoms. The zero-order valence-corrected chi connectivity index (χ0v) is 21.7. The van der Waals surface area contributed by atoms with Gasteiger partial charge in [0.1, 0.15) is 17.4 Å². The van der Waals surface area contributed by atoms with Crippen molar-refractivity contribution in [2.75, 3.05) is 6.61 Å². The van der Waals surface area contributed by atoms with Crippen LogP contribution in [0.4, 0.5) is 0 Å². The van der Waals surface area contributed by atoms with E-state index in [9.17, 15) is 4.79 Å². The lowest BCUT2D eigenvalue weighted by molar-refractivity contribution is -0.114. The highest BCUT2D eigenvalue weighted by molar-refractivity contribution is 8.27. The molecule has 7 nitrogen and oxygen atoms in total. The molecule has 1 amide bonds. The summed E-state index contributed by atoms with van der Waals surface area (Å²) in [5.74, 6) is 0.322. The van der Waals surface area contributed by atoms with E-state index in [1.807, 2.05) is 51.1 Å². The van der Waals surface area contributed by atoms with Gasteiger partial charge in [0, 0.05) is 11.4 Å². The molecule has 36 heavy (non-hydrogen) atoms. The van der Waals surface area contributed by atoms with Crippen molar-refractivity contribution in [1.82, 2.24) is 9.58 Å². The molecule has 0 saturated carbocycles. The maximum atomic E-state index is 12.9. The molecule has 2 aliphatic heterocycles. The van der Waals surface area contributed by atoms with Crippen LogP contribution >= 0.6 is 11.8 Å². The van der Waals surface area contributed by atoms with Crippen LogP contribution in [-0.2, 0) is 4.79 Å². The van der Waals surface area contributed by atoms with Gasteiger partial charge >= 0.3 is 0 Å². The minimum Gasteiger partial charge on any atom is -0.487 e. The van der Waals surface area contributed by atoms with Gasteiger partial charge in [0.15, 0.2) is 5.84 Å². The van der Waals surface area contributed by atoms with Gasteiger partial charge in [-0.3, -0.25) is 10.2 Å². The number of amides is 1. The van der Waals surface area contributed by atoms with E-state index in [1.54, 1.807) is 6.08 Å². The number of aromatic nitrogens is 1. The molecule has 8 heteroatoms. The fraction of sp³-hybridized carbons (Fsp3) is 0.214. The molecule has 0 radical (unpaired) electrons. The number of thioether (sulfide) groups is 1. The van der Waals surface area contributed by atoms with Crippen molar-refractivity contribution in [1.29, 1.82) is 5.41 Å². The highest BCUT2D eigenvalue weighted by Gasteiger charge is 2.36. The number of aryl methyl sites for hydroxylation is 4. The van der Waals surface area contributed by atoms with Gasteiger partial charge in [0.05, 0.1) is 11.3 Å². The van der Waals surface area contributed by atoms with Crippen LogP contribution in [0.25, 0.3) is 11.8 Å². The van der Waals surface area contributed by atoms with Crippen molar-refractivity contribution in [2.45, 2.75) is 34.6 Å². The number of para-hydroxylation sites is 1. The predicted octanol–water partition coefficient (Wildman–Crippen LogP) is 5.72. The van der Waals surface area contributed by atoms with Crippen molar-refractivity contribution in [2.24, 2.45) is 10.1 Å². The summed E-state index contributed by atoms with van der Waals surface area (Å²) >= 11 is 1.25. The third-order valence-electron chi connectivity index (χ3n) is 6.28. The van der Waals surface area contributed by atoms with Gasteiger partial charge in [-0.15, -0.1) is 0 Å². The fourth-order valence-corrected chi connectivity index (χ4v) is 5.33. The van der Waals surface area contributed by atoms with Crippen LogP contribution < -0.4 is 4.74 Å². The molecular formula is C28H27N5O2S. The quantitative estimate of drug-likeness (QED) is 0.457. The molecule has 0 saturated heterocycles. The standard InChI is InChI=1S/C28H27N5O2S/c1-16-8-6-11-22(12-16)35-15-24-31-33-26(29)23(27(34)30-28(33)36-24)14-21-13-19(4)32(20(21)5)25-17(2)9-7-10-18(25)3/h6-14,29H,15H2,1-5H3. The van der Waals surface area contributed by atoms with Gasteiger partial charge < -0.3 is 9.30 Å². The van der Waals surface area contributed by atoms with Crippen molar-refractivity contribution in [3.63, 3.8) is 0 Å². The zero-order valence-electron chi connectivity index (χ0n) is 20.9. The number of ether oxygens (including phenoxy) is 1. The molecule has 0 bridgehead atoms. The zero-order chi connectivity index (χ0) is 25.6. The largest absolute Gasteiger partial charge is 0.487 e. The van der Waals surface area contributed by atoms with E-state index in [1.165, 1.54) is 27.9 Å². The van der Waals surface area contributed by atoms with Gasteiger partial charge in [-0.05, 0) is 92.9 Å². The third kappa shape index (κ3) is 4.28. The second-order valence-electron chi connectivity index (χ2n) is 9.02. The third-order valence-corrected chi connectivity index (χ3v) is 7.16. The average Bonchev–Trinajstić information content (AvgIpc) is 3.36. The number of hydrogen-bond acceptors (Lipinski definition) is 5. The number of benzene rings is 2. The van der Waals surface area contributed by atoms with Crippen LogP contribution in [0.3, 0.4) is 0 Å². The van der Waals surface area contributed by atoms with E-state index < -0.39 is 5.91 Å². The molecule has 0 atom stereocenters. The van der Waals surface area contributed by atoms with Gasteiger partial charge in [0.25, 0.3) is 5.91 Å². The Kier molecular flexibility index (Phi) is 6.14. The SMILES string of the molecule is Cc1cccc(OCC2=NN3C(=N)C(=Cc4cc(C)n(-c5c(C)cccc5C)c4C)C(=O)N=C3S2)c1. The highest BCUT2D eigenvalue weighted by Crippen LogP contribution is 2.31. The number of nitrogens with one attached hydrogen (secondary N) is 1. The fourth-order valence-electron chi connectivity index (χ4n) is 4.53. The molecule has 2 aliphatic rings. The molecule has 0 unspecified atom stereocenters. The highest BCUT2D eigenvalue weighted by atomic mass is 32.2. The number of hydrazone groups is 1. The average molecular weight is 498 g/mol. The van der Waals surface area contributed by atoms with Crippen LogP contribution in [0.2, 0.25) is 0 Å². The van der Waals surface area contributed by atoms with Crippen LogP contribution in [-0.4, -0.2) is 38.1 Å². The Balaban J connectivity index is 1.42.